The molecule has 0 saturated heterocycles. The summed E-state index contributed by atoms with van der Waals surface area (Å²) in [5, 5.41) is 23.1. The summed E-state index contributed by atoms with van der Waals surface area (Å²) in [6.07, 6.45) is 0. The Labute approximate surface area is 300 Å². The van der Waals surface area contributed by atoms with E-state index in [0.29, 0.717) is 11.5 Å². The number of phenolic OH excluding ortho intramolecular Hbond substituents is 2. The van der Waals surface area contributed by atoms with E-state index in [1.165, 1.54) is 0 Å². The maximum absolute atomic E-state index is 11.7. The van der Waals surface area contributed by atoms with E-state index >= 15 is 0 Å². The Bertz CT molecular complexity index is 1540. The van der Waals surface area contributed by atoms with Crippen LogP contribution >= 0.6 is 11.8 Å². The fraction of sp³-hybridized carbons (Fsp3) is 0.455. The average molecular weight is 683 g/mol. The molecule has 0 fully saturated rings. The molecule has 4 nitrogen and oxygen atoms in total. The Morgan fingerprint density at radius 2 is 0.673 bits per heavy atom. The van der Waals surface area contributed by atoms with Gasteiger partial charge in [0.05, 0.1) is 24.7 Å². The summed E-state index contributed by atoms with van der Waals surface area (Å²) in [5.41, 5.74) is 7.19. The molecule has 0 heterocycles. The molecular weight excluding hydrogens is 625 g/mol. The average Bonchev–Trinajstić information content (AvgIpc) is 3.00. The molecule has 0 radical (unpaired) electrons. The molecular formula is C44H58O4S. The molecule has 49 heavy (non-hydrogen) atoms. The number of hydrogen-bond acceptors (Lipinski definition) is 5. The Hall–Kier alpha value is -3.57. The van der Waals surface area contributed by atoms with Gasteiger partial charge >= 0.3 is 0 Å². The normalized spacial score (nSPS) is 14.0. The van der Waals surface area contributed by atoms with Gasteiger partial charge in [0.25, 0.3) is 0 Å². The second-order valence-corrected chi connectivity index (χ2v) is 18.6. The number of methoxy groups -OCH3 is 2. The number of benzene rings is 4. The summed E-state index contributed by atoms with van der Waals surface area (Å²) in [4.78, 5) is 0. The third-order valence-electron chi connectivity index (χ3n) is 9.21. The number of phenols is 2. The van der Waals surface area contributed by atoms with E-state index < -0.39 is 0 Å². The Morgan fingerprint density at radius 3 is 0.878 bits per heavy atom. The summed E-state index contributed by atoms with van der Waals surface area (Å²) < 4.78 is 11.1. The van der Waals surface area contributed by atoms with Crippen LogP contribution in [0.2, 0.25) is 0 Å². The van der Waals surface area contributed by atoms with Crippen LogP contribution in [0.3, 0.4) is 0 Å². The molecule has 5 heteroatoms. The van der Waals surface area contributed by atoms with Crippen LogP contribution < -0.4 is 9.47 Å². The van der Waals surface area contributed by atoms with Gasteiger partial charge in [0.2, 0.25) is 0 Å². The van der Waals surface area contributed by atoms with Gasteiger partial charge in [-0.1, -0.05) is 132 Å². The lowest BCUT2D eigenvalue weighted by Gasteiger charge is -2.33. The molecule has 4 aromatic carbocycles. The van der Waals surface area contributed by atoms with Gasteiger partial charge in [-0.3, -0.25) is 0 Å². The van der Waals surface area contributed by atoms with Gasteiger partial charge in [0.1, 0.15) is 23.0 Å². The van der Waals surface area contributed by atoms with Crippen molar-refractivity contribution in [3.63, 3.8) is 0 Å². The quantitative estimate of drug-likeness (QED) is 0.194. The van der Waals surface area contributed by atoms with Crippen molar-refractivity contribution in [3.05, 3.63) is 117 Å². The zero-order valence-corrected chi connectivity index (χ0v) is 33.0. The smallest absolute Gasteiger partial charge is 0.123 e. The van der Waals surface area contributed by atoms with Crippen molar-refractivity contribution in [2.24, 2.45) is 0 Å². The predicted octanol–water partition coefficient (Wildman–Crippen LogP) is 11.9. The third kappa shape index (κ3) is 8.60. The molecule has 4 aromatic rings. The van der Waals surface area contributed by atoms with Crippen LogP contribution in [0.25, 0.3) is 0 Å². The monoisotopic (exact) mass is 682 g/mol. The standard InChI is InChI=1S/C44H58O4S/c1-41(2,3)33-23-29(24-34(37(33)45)42(4,5)6)39(27-15-19-31(47-13)20-16-27)49-40(28-17-21-32(48-14)22-18-28)30-25-35(43(7,8)9)38(46)36(26-30)44(10,11)12/h15-26,39-40,45-46H,1-14H3/t39-,40-/m0/s1. The van der Waals surface area contributed by atoms with Crippen molar-refractivity contribution in [3.8, 4) is 23.0 Å². The first-order valence-corrected chi connectivity index (χ1v) is 18.2. The first kappa shape index (κ1) is 38.2. The number of aromatic hydroxyl groups is 2. The van der Waals surface area contributed by atoms with Crippen LogP contribution in [0.4, 0.5) is 0 Å². The topological polar surface area (TPSA) is 58.9 Å². The maximum atomic E-state index is 11.7. The SMILES string of the molecule is COc1ccc([C@H](S[C@@H](c2ccc(OC)cc2)c2cc(C(C)(C)C)c(O)c(C(C)(C)C)c2)c2cc(C(C)(C)C)c(O)c(C(C)(C)C)c2)cc1. The summed E-state index contributed by atoms with van der Waals surface area (Å²) in [7, 11) is 3.38. The lowest BCUT2D eigenvalue weighted by Crippen LogP contribution is -2.19. The first-order chi connectivity index (χ1) is 22.6. The molecule has 0 spiro atoms. The van der Waals surface area contributed by atoms with Crippen LogP contribution in [0.1, 0.15) is 138 Å². The van der Waals surface area contributed by atoms with Gasteiger partial charge < -0.3 is 19.7 Å². The highest BCUT2D eigenvalue weighted by atomic mass is 32.2. The molecule has 0 aromatic heterocycles. The van der Waals surface area contributed by atoms with Gasteiger partial charge in [-0.2, -0.15) is 0 Å². The molecule has 264 valence electrons. The number of thioether (sulfide) groups is 1. The minimum atomic E-state index is -0.273. The van der Waals surface area contributed by atoms with Crippen LogP contribution in [0.15, 0.2) is 72.8 Å². The van der Waals surface area contributed by atoms with Crippen molar-refractivity contribution >= 4 is 11.8 Å². The molecule has 2 atom stereocenters. The molecule has 0 bridgehead atoms. The summed E-state index contributed by atoms with van der Waals surface area (Å²) >= 11 is 1.87. The van der Waals surface area contributed by atoms with E-state index in [2.05, 4.69) is 132 Å². The summed E-state index contributed by atoms with van der Waals surface area (Å²) in [6.45, 7) is 25.9. The highest BCUT2D eigenvalue weighted by Gasteiger charge is 2.33. The van der Waals surface area contributed by atoms with Crippen molar-refractivity contribution in [1.82, 2.24) is 0 Å². The molecule has 0 amide bonds. The lowest BCUT2D eigenvalue weighted by molar-refractivity contribution is 0.414. The number of hydrogen-bond donors (Lipinski definition) is 2. The zero-order valence-electron chi connectivity index (χ0n) is 32.2. The van der Waals surface area contributed by atoms with E-state index in [4.69, 9.17) is 9.47 Å². The lowest BCUT2D eigenvalue weighted by atomic mass is 9.78. The van der Waals surface area contributed by atoms with E-state index in [1.807, 2.05) is 36.0 Å². The molecule has 0 aliphatic heterocycles. The van der Waals surface area contributed by atoms with E-state index in [1.54, 1.807) is 14.2 Å². The van der Waals surface area contributed by atoms with Crippen molar-refractivity contribution in [1.29, 1.82) is 0 Å². The fourth-order valence-corrected chi connectivity index (χ4v) is 7.78. The first-order valence-electron chi connectivity index (χ1n) is 17.3. The van der Waals surface area contributed by atoms with Crippen LogP contribution in [0.5, 0.6) is 23.0 Å². The van der Waals surface area contributed by atoms with Crippen LogP contribution in [-0.4, -0.2) is 24.4 Å². The van der Waals surface area contributed by atoms with Gasteiger partial charge in [-0.15, -0.1) is 11.8 Å². The van der Waals surface area contributed by atoms with Gasteiger partial charge in [0, 0.05) is 0 Å². The molecule has 0 unspecified atom stereocenters. The second-order valence-electron chi connectivity index (χ2n) is 17.4. The molecule has 0 aliphatic carbocycles. The predicted molar refractivity (Wildman–Crippen MR) is 208 cm³/mol. The Balaban J connectivity index is 2.08. The van der Waals surface area contributed by atoms with Crippen molar-refractivity contribution in [2.45, 2.75) is 115 Å². The summed E-state index contributed by atoms with van der Waals surface area (Å²) in [6, 6.07) is 25.5. The number of rotatable bonds is 8. The molecule has 4 rings (SSSR count). The van der Waals surface area contributed by atoms with Gasteiger partial charge in [-0.05, 0) is 90.4 Å². The number of ether oxygens (including phenoxy) is 2. The van der Waals surface area contributed by atoms with Crippen molar-refractivity contribution in [2.75, 3.05) is 14.2 Å². The minimum Gasteiger partial charge on any atom is -0.507 e. The van der Waals surface area contributed by atoms with E-state index in [-0.39, 0.29) is 32.2 Å². The zero-order chi connectivity index (χ0) is 36.7. The van der Waals surface area contributed by atoms with Crippen LogP contribution in [-0.2, 0) is 21.7 Å². The minimum absolute atomic E-state index is 0.106. The molecule has 2 N–H and O–H groups in total. The Kier molecular flexibility index (Phi) is 10.9. The largest absolute Gasteiger partial charge is 0.507 e. The fourth-order valence-electron chi connectivity index (χ4n) is 6.30. The third-order valence-corrected chi connectivity index (χ3v) is 10.8. The van der Waals surface area contributed by atoms with Crippen LogP contribution in [0, 0.1) is 0 Å². The Morgan fingerprint density at radius 1 is 0.429 bits per heavy atom. The molecule has 0 saturated carbocycles. The summed E-state index contributed by atoms with van der Waals surface area (Å²) in [5.74, 6) is 2.35. The highest BCUT2D eigenvalue weighted by Crippen LogP contribution is 2.52. The van der Waals surface area contributed by atoms with E-state index in [0.717, 1.165) is 56.0 Å². The molecule has 0 aliphatic rings. The van der Waals surface area contributed by atoms with E-state index in [9.17, 15) is 10.2 Å². The van der Waals surface area contributed by atoms with Crippen molar-refractivity contribution < 1.29 is 19.7 Å². The van der Waals surface area contributed by atoms with Gasteiger partial charge in [0.15, 0.2) is 0 Å². The maximum Gasteiger partial charge on any atom is 0.123 e. The highest BCUT2D eigenvalue weighted by molar-refractivity contribution is 8.00. The van der Waals surface area contributed by atoms with Gasteiger partial charge in [-0.25, -0.2) is 0 Å². The second kappa shape index (κ2) is 14.0.